The van der Waals surface area contributed by atoms with Gasteiger partial charge in [-0.05, 0) is 56.7 Å². The molecule has 34 heavy (non-hydrogen) atoms. The van der Waals surface area contributed by atoms with Crippen LogP contribution in [0, 0.1) is 35.3 Å². The van der Waals surface area contributed by atoms with Crippen molar-refractivity contribution in [3.8, 4) is 23.3 Å². The van der Waals surface area contributed by atoms with Crippen LogP contribution in [0.15, 0.2) is 54.1 Å². The van der Waals surface area contributed by atoms with E-state index in [1.165, 1.54) is 25.3 Å². The maximum atomic E-state index is 12.8. The molecule has 0 unspecified atom stereocenters. The number of anilines is 1. The molecule has 0 aliphatic heterocycles. The van der Waals surface area contributed by atoms with Crippen LogP contribution in [-0.4, -0.2) is 29.1 Å². The molecule has 0 fully saturated rings. The minimum atomic E-state index is -0.547. The second-order valence-electron chi connectivity index (χ2n) is 7.36. The van der Waals surface area contributed by atoms with Gasteiger partial charge in [-0.15, -0.1) is 0 Å². The van der Waals surface area contributed by atoms with E-state index in [9.17, 15) is 20.2 Å². The van der Waals surface area contributed by atoms with E-state index >= 15 is 0 Å². The lowest BCUT2D eigenvalue weighted by Gasteiger charge is -2.14. The summed E-state index contributed by atoms with van der Waals surface area (Å²) in [6.45, 7) is 6.05. The maximum absolute atomic E-state index is 12.8. The molecule has 0 saturated carbocycles. The Kier molecular flexibility index (Phi) is 7.33. The lowest BCUT2D eigenvalue weighted by molar-refractivity contribution is -0.384. The van der Waals surface area contributed by atoms with Gasteiger partial charge in [0.1, 0.15) is 23.1 Å². The summed E-state index contributed by atoms with van der Waals surface area (Å²) in [5.41, 5.74) is 3.17. The van der Waals surface area contributed by atoms with Crippen molar-refractivity contribution in [3.63, 3.8) is 0 Å². The first-order valence-corrected chi connectivity index (χ1v) is 10.5. The van der Waals surface area contributed by atoms with Crippen molar-refractivity contribution in [2.75, 3.05) is 19.0 Å². The molecule has 0 bridgehead atoms. The lowest BCUT2D eigenvalue weighted by Crippen LogP contribution is -2.13. The van der Waals surface area contributed by atoms with Crippen LogP contribution in [0.2, 0.25) is 0 Å². The summed E-state index contributed by atoms with van der Waals surface area (Å²) in [7, 11) is 1.44. The molecule has 1 heterocycles. The number of nitro groups is 1. The Hall–Kier alpha value is -4.58. The van der Waals surface area contributed by atoms with Crippen molar-refractivity contribution in [1.82, 2.24) is 4.57 Å². The molecule has 1 aromatic heterocycles. The highest BCUT2D eigenvalue weighted by Gasteiger charge is 2.18. The summed E-state index contributed by atoms with van der Waals surface area (Å²) >= 11 is 0. The van der Waals surface area contributed by atoms with Crippen molar-refractivity contribution in [2.45, 2.75) is 20.8 Å². The molecule has 1 amide bonds. The number of nitrogens with zero attached hydrogens (tertiary/aromatic N) is 3. The number of hydrogen-bond donors (Lipinski definition) is 1. The Labute approximate surface area is 197 Å². The van der Waals surface area contributed by atoms with Gasteiger partial charge in [0.05, 0.1) is 30.4 Å². The number of amides is 1. The van der Waals surface area contributed by atoms with Gasteiger partial charge in [-0.25, -0.2) is 0 Å². The molecule has 3 aromatic rings. The predicted molar refractivity (Wildman–Crippen MR) is 128 cm³/mol. The van der Waals surface area contributed by atoms with Gasteiger partial charge in [-0.1, -0.05) is 6.07 Å². The predicted octanol–water partition coefficient (Wildman–Crippen LogP) is 4.96. The number of aromatic nitrogens is 1. The summed E-state index contributed by atoms with van der Waals surface area (Å²) in [5.74, 6) is 0.399. The van der Waals surface area contributed by atoms with E-state index in [1.54, 1.807) is 30.3 Å². The van der Waals surface area contributed by atoms with Crippen molar-refractivity contribution in [3.05, 3.63) is 81.2 Å². The maximum Gasteiger partial charge on any atom is 0.273 e. The minimum absolute atomic E-state index is 0.0715. The summed E-state index contributed by atoms with van der Waals surface area (Å²) < 4.78 is 12.7. The summed E-state index contributed by atoms with van der Waals surface area (Å²) in [6, 6.07) is 15.1. The van der Waals surface area contributed by atoms with Crippen LogP contribution in [0.1, 0.15) is 23.9 Å². The second-order valence-corrected chi connectivity index (χ2v) is 7.36. The van der Waals surface area contributed by atoms with Gasteiger partial charge >= 0.3 is 0 Å². The summed E-state index contributed by atoms with van der Waals surface area (Å²) in [6.07, 6.45) is 1.51. The number of non-ortho nitro benzene ring substituents is 1. The number of nitrogens with one attached hydrogen (secondary N) is 1. The molecule has 0 spiro atoms. The molecular weight excluding hydrogens is 436 g/mol. The Bertz CT molecular complexity index is 1320. The van der Waals surface area contributed by atoms with Gasteiger partial charge in [-0.3, -0.25) is 14.9 Å². The zero-order chi connectivity index (χ0) is 24.8. The molecule has 9 nitrogen and oxygen atoms in total. The zero-order valence-corrected chi connectivity index (χ0v) is 19.3. The number of methoxy groups -OCH3 is 1. The first kappa shape index (κ1) is 24.1. The number of benzene rings is 2. The SMILES string of the molecule is CCOc1cccc(NC(=O)/C(C#N)=C\c2cc(C)n(-c3ccc([N+](=O)[O-])cc3OC)c2C)c1. The van der Waals surface area contributed by atoms with Crippen LogP contribution < -0.4 is 14.8 Å². The van der Waals surface area contributed by atoms with Gasteiger partial charge < -0.3 is 19.4 Å². The van der Waals surface area contributed by atoms with Gasteiger partial charge in [0, 0.05) is 29.2 Å². The molecule has 174 valence electrons. The van der Waals surface area contributed by atoms with Crippen LogP contribution in [0.4, 0.5) is 11.4 Å². The average molecular weight is 460 g/mol. The summed E-state index contributed by atoms with van der Waals surface area (Å²) in [5, 5.41) is 23.5. The fourth-order valence-corrected chi connectivity index (χ4v) is 3.60. The topological polar surface area (TPSA) is 119 Å². The fraction of sp³-hybridized carbons (Fsp3) is 0.200. The highest BCUT2D eigenvalue weighted by atomic mass is 16.6. The molecule has 3 rings (SSSR count). The first-order valence-electron chi connectivity index (χ1n) is 10.5. The van der Waals surface area contributed by atoms with E-state index < -0.39 is 10.8 Å². The number of ether oxygens (including phenoxy) is 2. The second kappa shape index (κ2) is 10.4. The fourth-order valence-electron chi connectivity index (χ4n) is 3.60. The highest BCUT2D eigenvalue weighted by molar-refractivity contribution is 6.09. The van der Waals surface area contributed by atoms with E-state index in [0.717, 1.165) is 11.4 Å². The molecule has 0 aliphatic carbocycles. The van der Waals surface area contributed by atoms with Crippen molar-refractivity contribution in [1.29, 1.82) is 5.26 Å². The third-order valence-corrected chi connectivity index (χ3v) is 5.15. The molecular formula is C25H24N4O5. The molecule has 2 aromatic carbocycles. The van der Waals surface area contributed by atoms with Crippen LogP contribution in [0.5, 0.6) is 11.5 Å². The Morgan fingerprint density at radius 3 is 2.65 bits per heavy atom. The number of carbonyl (C=O) groups is 1. The molecule has 0 saturated heterocycles. The third kappa shape index (κ3) is 5.07. The Balaban J connectivity index is 1.95. The van der Waals surface area contributed by atoms with Gasteiger partial charge in [0.25, 0.3) is 11.6 Å². The van der Waals surface area contributed by atoms with E-state index in [0.29, 0.717) is 35.0 Å². The monoisotopic (exact) mass is 460 g/mol. The lowest BCUT2D eigenvalue weighted by atomic mass is 10.1. The van der Waals surface area contributed by atoms with E-state index in [4.69, 9.17) is 9.47 Å². The molecule has 0 atom stereocenters. The largest absolute Gasteiger partial charge is 0.494 e. The Morgan fingerprint density at radius 2 is 2.00 bits per heavy atom. The van der Waals surface area contributed by atoms with Crippen LogP contribution >= 0.6 is 0 Å². The van der Waals surface area contributed by atoms with Crippen LogP contribution in [-0.2, 0) is 4.79 Å². The van der Waals surface area contributed by atoms with E-state index in [2.05, 4.69) is 5.32 Å². The van der Waals surface area contributed by atoms with E-state index in [-0.39, 0.29) is 11.3 Å². The zero-order valence-electron chi connectivity index (χ0n) is 19.3. The van der Waals surface area contributed by atoms with Gasteiger partial charge in [0.15, 0.2) is 0 Å². The van der Waals surface area contributed by atoms with Gasteiger partial charge in [0.2, 0.25) is 0 Å². The number of rotatable bonds is 8. The minimum Gasteiger partial charge on any atom is -0.494 e. The summed E-state index contributed by atoms with van der Waals surface area (Å²) in [4.78, 5) is 23.4. The first-order chi connectivity index (χ1) is 16.3. The van der Waals surface area contributed by atoms with Crippen LogP contribution in [0.25, 0.3) is 11.8 Å². The number of nitriles is 1. The normalized spacial score (nSPS) is 11.0. The number of carbonyl (C=O) groups excluding carboxylic acids is 1. The van der Waals surface area contributed by atoms with Crippen molar-refractivity contribution in [2.24, 2.45) is 0 Å². The van der Waals surface area contributed by atoms with Crippen LogP contribution in [0.3, 0.4) is 0 Å². The van der Waals surface area contributed by atoms with Gasteiger partial charge in [-0.2, -0.15) is 5.26 Å². The van der Waals surface area contributed by atoms with E-state index in [1.807, 2.05) is 37.5 Å². The average Bonchev–Trinajstić information content (AvgIpc) is 3.09. The molecule has 0 radical (unpaired) electrons. The Morgan fingerprint density at radius 1 is 1.24 bits per heavy atom. The smallest absolute Gasteiger partial charge is 0.273 e. The molecule has 1 N–H and O–H groups in total. The number of hydrogen-bond acceptors (Lipinski definition) is 6. The molecule has 9 heteroatoms. The quantitative estimate of drug-likeness (QED) is 0.220. The van der Waals surface area contributed by atoms with Crippen molar-refractivity contribution < 1.29 is 19.2 Å². The van der Waals surface area contributed by atoms with Crippen molar-refractivity contribution >= 4 is 23.4 Å². The standard InChI is InChI=1S/C25H24N4O5/c1-5-34-22-8-6-7-20(13-22)27-25(30)19(15-26)12-18-11-16(2)28(17(18)3)23-10-9-21(29(31)32)14-24(23)33-4/h6-14H,5H2,1-4H3,(H,27,30)/b19-12-. The highest BCUT2D eigenvalue weighted by Crippen LogP contribution is 2.32. The number of aryl methyl sites for hydroxylation is 1. The third-order valence-electron chi connectivity index (χ3n) is 5.15. The number of nitro benzene ring substituents is 1. The molecule has 0 aliphatic rings.